The molecule has 0 saturated carbocycles. The van der Waals surface area contributed by atoms with Crippen LogP contribution in [0, 0.1) is 5.92 Å². The zero-order valence-corrected chi connectivity index (χ0v) is 18.8. The molecule has 162 valence electrons. The van der Waals surface area contributed by atoms with Gasteiger partial charge in [0.1, 0.15) is 12.7 Å². The standard InChI is InChI=1S/C26H35NO3/c1-6-20-13-15-21(16-14-20)23(19-29-24(28)22-11-8-7-9-12-22)30-27-25(2,3)17-10-18-26(27,4)5/h6-9,11-15,21,23H,1,10,16-19H2,2-5H3. The molecule has 1 saturated heterocycles. The van der Waals surface area contributed by atoms with Crippen molar-refractivity contribution < 1.29 is 14.4 Å². The Morgan fingerprint density at radius 1 is 1.20 bits per heavy atom. The second-order valence-electron chi connectivity index (χ2n) is 9.55. The molecule has 3 rings (SSSR count). The lowest BCUT2D eigenvalue weighted by Crippen LogP contribution is -2.60. The van der Waals surface area contributed by atoms with Crippen LogP contribution < -0.4 is 0 Å². The van der Waals surface area contributed by atoms with Crippen LogP contribution in [0.4, 0.5) is 0 Å². The molecule has 0 bridgehead atoms. The molecular weight excluding hydrogens is 374 g/mol. The second-order valence-corrected chi connectivity index (χ2v) is 9.55. The Bertz CT molecular complexity index is 791. The number of hydroxylamine groups is 2. The second kappa shape index (κ2) is 9.32. The van der Waals surface area contributed by atoms with E-state index in [0.717, 1.165) is 24.8 Å². The monoisotopic (exact) mass is 409 g/mol. The maximum absolute atomic E-state index is 12.5. The minimum atomic E-state index is -0.316. The number of benzene rings is 1. The van der Waals surface area contributed by atoms with Gasteiger partial charge in [-0.2, -0.15) is 5.06 Å². The number of rotatable bonds is 7. The van der Waals surface area contributed by atoms with Gasteiger partial charge in [-0.25, -0.2) is 4.79 Å². The summed E-state index contributed by atoms with van der Waals surface area (Å²) in [7, 11) is 0. The highest BCUT2D eigenvalue weighted by Crippen LogP contribution is 2.40. The van der Waals surface area contributed by atoms with Crippen LogP contribution in [0.15, 0.2) is 66.8 Å². The lowest BCUT2D eigenvalue weighted by molar-refractivity contribution is -0.314. The first-order chi connectivity index (χ1) is 14.2. The van der Waals surface area contributed by atoms with Crippen LogP contribution in [0.25, 0.3) is 0 Å². The fraction of sp³-hybridized carbons (Fsp3) is 0.500. The quantitative estimate of drug-likeness (QED) is 0.528. The summed E-state index contributed by atoms with van der Waals surface area (Å²) in [6.45, 7) is 13.0. The lowest BCUT2D eigenvalue weighted by Gasteiger charge is -2.52. The predicted octanol–water partition coefficient (Wildman–Crippen LogP) is 5.88. The van der Waals surface area contributed by atoms with Crippen molar-refractivity contribution in [3.63, 3.8) is 0 Å². The van der Waals surface area contributed by atoms with Gasteiger partial charge in [0.05, 0.1) is 5.56 Å². The first-order valence-electron chi connectivity index (χ1n) is 10.9. The fourth-order valence-corrected chi connectivity index (χ4v) is 4.52. The molecule has 4 nitrogen and oxygen atoms in total. The number of hydrogen-bond donors (Lipinski definition) is 0. The topological polar surface area (TPSA) is 38.8 Å². The Balaban J connectivity index is 1.77. The van der Waals surface area contributed by atoms with Crippen molar-refractivity contribution >= 4 is 5.97 Å². The molecule has 1 aromatic carbocycles. The van der Waals surface area contributed by atoms with Crippen molar-refractivity contribution in [3.8, 4) is 0 Å². The van der Waals surface area contributed by atoms with E-state index in [2.05, 4.69) is 57.6 Å². The largest absolute Gasteiger partial charge is 0.459 e. The third-order valence-electron chi connectivity index (χ3n) is 6.18. The molecule has 2 unspecified atom stereocenters. The number of carbonyl (C=O) groups excluding carboxylic acids is 1. The maximum atomic E-state index is 12.5. The van der Waals surface area contributed by atoms with Gasteiger partial charge in [-0.1, -0.05) is 49.1 Å². The van der Waals surface area contributed by atoms with E-state index >= 15 is 0 Å². The molecule has 1 heterocycles. The number of carbonyl (C=O) groups is 1. The summed E-state index contributed by atoms with van der Waals surface area (Å²) in [4.78, 5) is 19.2. The number of nitrogens with zero attached hydrogens (tertiary/aromatic N) is 1. The van der Waals surface area contributed by atoms with Gasteiger partial charge in [-0.05, 0) is 71.1 Å². The van der Waals surface area contributed by atoms with Crippen LogP contribution in [0.5, 0.6) is 0 Å². The van der Waals surface area contributed by atoms with Crippen LogP contribution in [0.2, 0.25) is 0 Å². The zero-order valence-electron chi connectivity index (χ0n) is 18.8. The first-order valence-corrected chi connectivity index (χ1v) is 10.9. The fourth-order valence-electron chi connectivity index (χ4n) is 4.52. The Morgan fingerprint density at radius 2 is 1.87 bits per heavy atom. The molecule has 4 heteroatoms. The average molecular weight is 410 g/mol. The molecule has 0 amide bonds. The van der Waals surface area contributed by atoms with Crippen LogP contribution in [0.1, 0.15) is 63.7 Å². The van der Waals surface area contributed by atoms with E-state index in [1.54, 1.807) is 12.1 Å². The summed E-state index contributed by atoms with van der Waals surface area (Å²) in [6, 6.07) is 9.12. The summed E-state index contributed by atoms with van der Waals surface area (Å²) in [5, 5.41) is 2.16. The Labute approximate surface area is 181 Å². The molecule has 2 atom stereocenters. The maximum Gasteiger partial charge on any atom is 0.338 e. The van der Waals surface area contributed by atoms with Crippen molar-refractivity contribution in [3.05, 3.63) is 72.4 Å². The average Bonchev–Trinajstić information content (AvgIpc) is 2.73. The molecule has 0 spiro atoms. The van der Waals surface area contributed by atoms with Gasteiger partial charge in [-0.15, -0.1) is 0 Å². The van der Waals surface area contributed by atoms with E-state index in [9.17, 15) is 4.79 Å². The van der Waals surface area contributed by atoms with E-state index in [0.29, 0.717) is 5.56 Å². The SMILES string of the molecule is C=CC1=CCC(C(COC(=O)c2ccccc2)ON2C(C)(C)CCCC2(C)C)C=C1. The molecule has 1 fully saturated rings. The molecule has 1 aliphatic carbocycles. The van der Waals surface area contributed by atoms with Crippen LogP contribution in [-0.4, -0.2) is 34.8 Å². The Hall–Kier alpha value is -2.17. The molecule has 0 aromatic heterocycles. The first kappa shape index (κ1) is 22.5. The number of allylic oxidation sites excluding steroid dienone is 4. The summed E-state index contributed by atoms with van der Waals surface area (Å²) in [5.41, 5.74) is 1.52. The van der Waals surface area contributed by atoms with Gasteiger partial charge in [0, 0.05) is 17.0 Å². The highest BCUT2D eigenvalue weighted by atomic mass is 16.7. The Morgan fingerprint density at radius 3 is 2.43 bits per heavy atom. The van der Waals surface area contributed by atoms with Gasteiger partial charge in [-0.3, -0.25) is 4.84 Å². The van der Waals surface area contributed by atoms with E-state index in [4.69, 9.17) is 9.57 Å². The van der Waals surface area contributed by atoms with E-state index < -0.39 is 0 Å². The van der Waals surface area contributed by atoms with E-state index in [-0.39, 0.29) is 35.7 Å². The summed E-state index contributed by atoms with van der Waals surface area (Å²) in [6.07, 6.45) is 12.2. The number of esters is 1. The smallest absolute Gasteiger partial charge is 0.338 e. The normalized spacial score (nSPS) is 24.0. The zero-order chi connectivity index (χ0) is 21.8. The van der Waals surface area contributed by atoms with Gasteiger partial charge in [0.2, 0.25) is 0 Å². The van der Waals surface area contributed by atoms with Crippen molar-refractivity contribution in [2.24, 2.45) is 5.92 Å². The predicted molar refractivity (Wildman–Crippen MR) is 121 cm³/mol. The van der Waals surface area contributed by atoms with Gasteiger partial charge in [0.15, 0.2) is 0 Å². The molecule has 30 heavy (non-hydrogen) atoms. The number of hydrogen-bond acceptors (Lipinski definition) is 4. The van der Waals surface area contributed by atoms with Crippen molar-refractivity contribution in [1.29, 1.82) is 0 Å². The van der Waals surface area contributed by atoms with Crippen molar-refractivity contribution in [2.75, 3.05) is 6.61 Å². The lowest BCUT2D eigenvalue weighted by atomic mass is 9.82. The van der Waals surface area contributed by atoms with Gasteiger partial charge < -0.3 is 4.74 Å². The van der Waals surface area contributed by atoms with Crippen LogP contribution in [0.3, 0.4) is 0 Å². The van der Waals surface area contributed by atoms with Gasteiger partial charge >= 0.3 is 5.97 Å². The van der Waals surface area contributed by atoms with E-state index in [1.807, 2.05) is 24.3 Å². The highest BCUT2D eigenvalue weighted by Gasteiger charge is 2.44. The number of ether oxygens (including phenoxy) is 1. The third kappa shape index (κ3) is 5.30. The minimum absolute atomic E-state index is 0.0794. The van der Waals surface area contributed by atoms with Gasteiger partial charge in [0.25, 0.3) is 0 Å². The number of piperidine rings is 1. The van der Waals surface area contributed by atoms with E-state index in [1.165, 1.54) is 6.42 Å². The van der Waals surface area contributed by atoms with Crippen molar-refractivity contribution in [2.45, 2.75) is 70.6 Å². The summed E-state index contributed by atoms with van der Waals surface area (Å²) in [5.74, 6) is -0.186. The highest BCUT2D eigenvalue weighted by molar-refractivity contribution is 5.89. The molecular formula is C26H35NO3. The van der Waals surface area contributed by atoms with Crippen LogP contribution in [-0.2, 0) is 9.57 Å². The molecule has 1 aromatic rings. The third-order valence-corrected chi connectivity index (χ3v) is 6.18. The summed E-state index contributed by atoms with van der Waals surface area (Å²) >= 11 is 0. The summed E-state index contributed by atoms with van der Waals surface area (Å²) < 4.78 is 5.71. The van der Waals surface area contributed by atoms with Crippen molar-refractivity contribution in [1.82, 2.24) is 5.06 Å². The minimum Gasteiger partial charge on any atom is -0.459 e. The van der Waals surface area contributed by atoms with Crippen LogP contribution >= 0.6 is 0 Å². The molecule has 0 N–H and O–H groups in total. The Kier molecular flexibility index (Phi) is 6.99. The molecule has 1 aliphatic heterocycles. The molecule has 0 radical (unpaired) electrons. The molecule has 2 aliphatic rings.